The summed E-state index contributed by atoms with van der Waals surface area (Å²) >= 11 is 0. The van der Waals surface area contributed by atoms with Gasteiger partial charge in [-0.2, -0.15) is 0 Å². The molecule has 1 heterocycles. The smallest absolute Gasteiger partial charge is 0.343 e. The fourth-order valence-corrected chi connectivity index (χ4v) is 0.792. The van der Waals surface area contributed by atoms with Gasteiger partial charge in [-0.3, -0.25) is 0 Å². The van der Waals surface area contributed by atoms with Crippen LogP contribution in [-0.4, -0.2) is 39.0 Å². The number of hydrogen-bond donors (Lipinski definition) is 0. The van der Waals surface area contributed by atoms with E-state index in [4.69, 9.17) is 9.47 Å². The SMILES string of the molecule is COC(=O)C1(OC)COC1. The lowest BCUT2D eigenvalue weighted by atomic mass is 10.0. The first-order valence-electron chi connectivity index (χ1n) is 2.96. The van der Waals surface area contributed by atoms with E-state index in [2.05, 4.69) is 4.74 Å². The Bertz CT molecular complexity index is 133. The van der Waals surface area contributed by atoms with Gasteiger partial charge in [0, 0.05) is 7.11 Å². The summed E-state index contributed by atoms with van der Waals surface area (Å²) in [6.07, 6.45) is 0. The Morgan fingerprint density at radius 2 is 2.10 bits per heavy atom. The first-order chi connectivity index (χ1) is 4.75. The van der Waals surface area contributed by atoms with Gasteiger partial charge in [0.15, 0.2) is 0 Å². The fourth-order valence-electron chi connectivity index (χ4n) is 0.792. The van der Waals surface area contributed by atoms with Gasteiger partial charge in [0.2, 0.25) is 5.60 Å². The summed E-state index contributed by atoms with van der Waals surface area (Å²) in [4.78, 5) is 10.9. The molecule has 0 aromatic rings. The molecule has 4 heteroatoms. The maximum atomic E-state index is 10.9. The monoisotopic (exact) mass is 146 g/mol. The quantitative estimate of drug-likeness (QED) is 0.496. The second-order valence-corrected chi connectivity index (χ2v) is 2.18. The maximum Gasteiger partial charge on any atom is 0.343 e. The van der Waals surface area contributed by atoms with Gasteiger partial charge < -0.3 is 14.2 Å². The van der Waals surface area contributed by atoms with E-state index in [1.807, 2.05) is 0 Å². The molecule has 58 valence electrons. The van der Waals surface area contributed by atoms with Gasteiger partial charge in [-0.1, -0.05) is 0 Å². The molecule has 0 aromatic carbocycles. The van der Waals surface area contributed by atoms with Crippen LogP contribution in [0.3, 0.4) is 0 Å². The Labute approximate surface area is 59.1 Å². The van der Waals surface area contributed by atoms with Crippen LogP contribution in [0, 0.1) is 0 Å². The van der Waals surface area contributed by atoms with Crippen molar-refractivity contribution in [3.05, 3.63) is 0 Å². The molecule has 0 radical (unpaired) electrons. The molecule has 0 atom stereocenters. The zero-order chi connectivity index (χ0) is 7.61. The number of carbonyl (C=O) groups excluding carboxylic acids is 1. The maximum absolute atomic E-state index is 10.9. The lowest BCUT2D eigenvalue weighted by Crippen LogP contribution is -2.57. The number of esters is 1. The predicted molar refractivity (Wildman–Crippen MR) is 32.6 cm³/mol. The Kier molecular flexibility index (Phi) is 1.92. The number of methoxy groups -OCH3 is 2. The molecule has 0 bridgehead atoms. The van der Waals surface area contributed by atoms with Crippen molar-refractivity contribution in [2.45, 2.75) is 5.60 Å². The minimum atomic E-state index is -0.811. The largest absolute Gasteiger partial charge is 0.467 e. The summed E-state index contributed by atoms with van der Waals surface area (Å²) in [5.74, 6) is -0.360. The van der Waals surface area contributed by atoms with Gasteiger partial charge in [-0.25, -0.2) is 4.79 Å². The van der Waals surface area contributed by atoms with Crippen LogP contribution in [0.25, 0.3) is 0 Å². The van der Waals surface area contributed by atoms with E-state index in [-0.39, 0.29) is 5.97 Å². The van der Waals surface area contributed by atoms with E-state index in [0.29, 0.717) is 13.2 Å². The third kappa shape index (κ3) is 0.892. The van der Waals surface area contributed by atoms with Gasteiger partial charge in [0.1, 0.15) is 0 Å². The summed E-state index contributed by atoms with van der Waals surface area (Å²) < 4.78 is 14.3. The normalized spacial score (nSPS) is 21.4. The van der Waals surface area contributed by atoms with Gasteiger partial charge in [-0.05, 0) is 0 Å². The topological polar surface area (TPSA) is 44.8 Å². The second-order valence-electron chi connectivity index (χ2n) is 2.18. The molecule has 1 rings (SSSR count). The van der Waals surface area contributed by atoms with Crippen LogP contribution >= 0.6 is 0 Å². The third-order valence-corrected chi connectivity index (χ3v) is 1.62. The number of carbonyl (C=O) groups is 1. The molecule has 0 spiro atoms. The van der Waals surface area contributed by atoms with E-state index < -0.39 is 5.60 Å². The van der Waals surface area contributed by atoms with Gasteiger partial charge in [-0.15, -0.1) is 0 Å². The van der Waals surface area contributed by atoms with E-state index in [1.165, 1.54) is 14.2 Å². The summed E-state index contributed by atoms with van der Waals surface area (Å²) in [6.45, 7) is 0.604. The predicted octanol–water partition coefficient (Wildman–Crippen LogP) is -0.425. The zero-order valence-corrected chi connectivity index (χ0v) is 6.05. The molecule has 0 saturated carbocycles. The highest BCUT2D eigenvalue weighted by Gasteiger charge is 2.47. The van der Waals surface area contributed by atoms with E-state index >= 15 is 0 Å². The molecule has 0 amide bonds. The minimum absolute atomic E-state index is 0.302. The molecule has 1 aliphatic heterocycles. The van der Waals surface area contributed by atoms with E-state index in [1.54, 1.807) is 0 Å². The van der Waals surface area contributed by atoms with Crippen LogP contribution < -0.4 is 0 Å². The number of rotatable bonds is 2. The Balaban J connectivity index is 2.55. The first-order valence-corrected chi connectivity index (χ1v) is 2.96. The van der Waals surface area contributed by atoms with Crippen molar-refractivity contribution < 1.29 is 19.0 Å². The lowest BCUT2D eigenvalue weighted by molar-refractivity contribution is -0.218. The molecule has 0 unspecified atom stereocenters. The molecular weight excluding hydrogens is 136 g/mol. The average molecular weight is 146 g/mol. The molecule has 0 N–H and O–H groups in total. The van der Waals surface area contributed by atoms with Gasteiger partial charge in [0.05, 0.1) is 20.3 Å². The van der Waals surface area contributed by atoms with Crippen molar-refractivity contribution in [2.24, 2.45) is 0 Å². The molecular formula is C6H10O4. The highest BCUT2D eigenvalue weighted by atomic mass is 16.6. The van der Waals surface area contributed by atoms with Gasteiger partial charge >= 0.3 is 5.97 Å². The summed E-state index contributed by atoms with van der Waals surface area (Å²) in [5, 5.41) is 0. The standard InChI is InChI=1S/C6H10O4/c1-8-5(7)6(9-2)3-10-4-6/h3-4H2,1-2H3. The van der Waals surface area contributed by atoms with Crippen LogP contribution in [0.15, 0.2) is 0 Å². The second kappa shape index (κ2) is 2.56. The lowest BCUT2D eigenvalue weighted by Gasteiger charge is -2.36. The van der Waals surface area contributed by atoms with Crippen LogP contribution in [0.1, 0.15) is 0 Å². The highest BCUT2D eigenvalue weighted by Crippen LogP contribution is 2.21. The van der Waals surface area contributed by atoms with Crippen molar-refractivity contribution in [1.82, 2.24) is 0 Å². The van der Waals surface area contributed by atoms with Crippen LogP contribution in [-0.2, 0) is 19.0 Å². The minimum Gasteiger partial charge on any atom is -0.467 e. The average Bonchev–Trinajstić information content (AvgIpc) is 1.86. The molecule has 1 saturated heterocycles. The number of hydrogen-bond acceptors (Lipinski definition) is 4. The Morgan fingerprint density at radius 1 is 1.50 bits per heavy atom. The van der Waals surface area contributed by atoms with Crippen molar-refractivity contribution in [2.75, 3.05) is 27.4 Å². The molecule has 1 fully saturated rings. The van der Waals surface area contributed by atoms with Crippen molar-refractivity contribution in [1.29, 1.82) is 0 Å². The molecule has 10 heavy (non-hydrogen) atoms. The van der Waals surface area contributed by atoms with E-state index in [0.717, 1.165) is 0 Å². The van der Waals surface area contributed by atoms with E-state index in [9.17, 15) is 4.79 Å². The van der Waals surface area contributed by atoms with Crippen molar-refractivity contribution >= 4 is 5.97 Å². The third-order valence-electron chi connectivity index (χ3n) is 1.62. The Morgan fingerprint density at radius 3 is 2.20 bits per heavy atom. The zero-order valence-electron chi connectivity index (χ0n) is 6.05. The van der Waals surface area contributed by atoms with Crippen molar-refractivity contribution in [3.8, 4) is 0 Å². The summed E-state index contributed by atoms with van der Waals surface area (Å²) in [5.41, 5.74) is -0.811. The molecule has 4 nitrogen and oxygen atoms in total. The highest BCUT2D eigenvalue weighted by molar-refractivity contribution is 5.80. The Hall–Kier alpha value is -0.610. The first kappa shape index (κ1) is 7.50. The van der Waals surface area contributed by atoms with Crippen LogP contribution in [0.4, 0.5) is 0 Å². The molecule has 1 aliphatic rings. The molecule has 0 aromatic heterocycles. The van der Waals surface area contributed by atoms with Crippen LogP contribution in [0.5, 0.6) is 0 Å². The fraction of sp³-hybridized carbons (Fsp3) is 0.833. The summed E-state index contributed by atoms with van der Waals surface area (Å²) in [6, 6.07) is 0. The molecule has 0 aliphatic carbocycles. The van der Waals surface area contributed by atoms with Crippen molar-refractivity contribution in [3.63, 3.8) is 0 Å². The van der Waals surface area contributed by atoms with Gasteiger partial charge in [0.25, 0.3) is 0 Å². The number of ether oxygens (including phenoxy) is 3. The summed E-state index contributed by atoms with van der Waals surface area (Å²) in [7, 11) is 2.81. The van der Waals surface area contributed by atoms with Crippen LogP contribution in [0.2, 0.25) is 0 Å².